The maximum Gasteiger partial charge on any atom is 0.341 e. The third-order valence-corrected chi connectivity index (χ3v) is 4.37. The van der Waals surface area contributed by atoms with Gasteiger partial charge in [-0.3, -0.25) is 0 Å². The van der Waals surface area contributed by atoms with Crippen LogP contribution in [0.2, 0.25) is 0 Å². The van der Waals surface area contributed by atoms with Crippen molar-refractivity contribution in [2.45, 2.75) is 11.3 Å². The molecule has 0 atom stereocenters. The van der Waals surface area contributed by atoms with Gasteiger partial charge >= 0.3 is 5.97 Å². The summed E-state index contributed by atoms with van der Waals surface area (Å²) in [6.45, 7) is -0.196. The zero-order chi connectivity index (χ0) is 15.5. The number of carboxylic acid groups (broad SMARTS) is 1. The second-order valence-electron chi connectivity index (χ2n) is 3.77. The Morgan fingerprint density at radius 3 is 2.55 bits per heavy atom. The summed E-state index contributed by atoms with van der Waals surface area (Å²) in [5, 5.41) is 17.1. The monoisotopic (exact) mass is 304 g/mol. The summed E-state index contributed by atoms with van der Waals surface area (Å²) in [5.74, 6) is -4.94. The number of nitriles is 1. The van der Waals surface area contributed by atoms with E-state index in [1.165, 1.54) is 0 Å². The van der Waals surface area contributed by atoms with Crippen LogP contribution in [0.1, 0.15) is 16.8 Å². The molecule has 1 aromatic carbocycles. The van der Waals surface area contributed by atoms with Crippen LogP contribution in [0.5, 0.6) is 0 Å². The van der Waals surface area contributed by atoms with Gasteiger partial charge in [-0.2, -0.15) is 9.57 Å². The second kappa shape index (κ2) is 5.94. The molecule has 6 nitrogen and oxygen atoms in total. The quantitative estimate of drug-likeness (QED) is 0.881. The normalized spacial score (nSPS) is 11.3. The maximum absolute atomic E-state index is 13.9. The van der Waals surface area contributed by atoms with Crippen LogP contribution in [0.25, 0.3) is 0 Å². The van der Waals surface area contributed by atoms with E-state index in [9.17, 15) is 22.0 Å². The smallest absolute Gasteiger partial charge is 0.341 e. The van der Waals surface area contributed by atoms with Gasteiger partial charge in [0.15, 0.2) is 5.82 Å². The molecule has 1 N–H and O–H groups in total. The largest absolute Gasteiger partial charge is 0.477 e. The number of sulfonamides is 1. The highest BCUT2D eigenvalue weighted by Crippen LogP contribution is 2.23. The Morgan fingerprint density at radius 1 is 1.45 bits per heavy atom. The van der Waals surface area contributed by atoms with Crippen molar-refractivity contribution in [1.82, 2.24) is 4.31 Å². The second-order valence-corrected chi connectivity index (χ2v) is 5.79. The number of benzene rings is 1. The Hall–Kier alpha value is -2.05. The van der Waals surface area contributed by atoms with E-state index in [1.54, 1.807) is 6.07 Å². The van der Waals surface area contributed by atoms with Gasteiger partial charge in [-0.1, -0.05) is 0 Å². The molecule has 0 bridgehead atoms. The van der Waals surface area contributed by atoms with E-state index in [0.717, 1.165) is 7.05 Å². The fourth-order valence-corrected chi connectivity index (χ4v) is 2.66. The number of nitrogens with zero attached hydrogens (tertiary/aromatic N) is 2. The van der Waals surface area contributed by atoms with Gasteiger partial charge in [-0.25, -0.2) is 22.0 Å². The summed E-state index contributed by atoms with van der Waals surface area (Å²) in [4.78, 5) is 9.78. The Balaban J connectivity index is 3.38. The standard InChI is InChI=1S/C11H10F2N2O4S/c1-15(6-2-5-14)20(18,19)8-4-3-7(12)9(10(8)13)11(16)17/h3-4H,2,6H2,1H3,(H,16,17). The van der Waals surface area contributed by atoms with Crippen LogP contribution >= 0.6 is 0 Å². The molecule has 108 valence electrons. The predicted octanol–water partition coefficient (Wildman–Crippen LogP) is 1.20. The fraction of sp³-hybridized carbons (Fsp3) is 0.273. The van der Waals surface area contributed by atoms with E-state index in [1.807, 2.05) is 0 Å². The summed E-state index contributed by atoms with van der Waals surface area (Å²) in [6, 6.07) is 2.94. The Kier molecular flexibility index (Phi) is 4.75. The van der Waals surface area contributed by atoms with Crippen LogP contribution in [-0.2, 0) is 10.0 Å². The van der Waals surface area contributed by atoms with Crippen molar-refractivity contribution in [3.8, 4) is 6.07 Å². The summed E-state index contributed by atoms with van der Waals surface area (Å²) < 4.78 is 51.8. The van der Waals surface area contributed by atoms with Gasteiger partial charge in [0.25, 0.3) is 0 Å². The van der Waals surface area contributed by atoms with Crippen molar-refractivity contribution in [2.24, 2.45) is 0 Å². The highest BCUT2D eigenvalue weighted by atomic mass is 32.2. The van der Waals surface area contributed by atoms with Gasteiger partial charge in [0.2, 0.25) is 10.0 Å². The van der Waals surface area contributed by atoms with E-state index in [2.05, 4.69) is 0 Å². The van der Waals surface area contributed by atoms with Gasteiger partial charge in [-0.05, 0) is 12.1 Å². The minimum absolute atomic E-state index is 0.121. The Morgan fingerprint density at radius 2 is 2.05 bits per heavy atom. The van der Waals surface area contributed by atoms with Crippen molar-refractivity contribution in [3.05, 3.63) is 29.3 Å². The lowest BCUT2D eigenvalue weighted by Gasteiger charge is -2.16. The van der Waals surface area contributed by atoms with Crippen LogP contribution in [0, 0.1) is 23.0 Å². The zero-order valence-electron chi connectivity index (χ0n) is 10.3. The van der Waals surface area contributed by atoms with E-state index in [-0.39, 0.29) is 13.0 Å². The third kappa shape index (κ3) is 2.92. The number of hydrogen-bond donors (Lipinski definition) is 1. The predicted molar refractivity (Wildman–Crippen MR) is 63.4 cm³/mol. The van der Waals surface area contributed by atoms with E-state index in [4.69, 9.17) is 10.4 Å². The molecule has 0 aliphatic heterocycles. The molecule has 0 aliphatic rings. The van der Waals surface area contributed by atoms with Gasteiger partial charge in [0, 0.05) is 20.0 Å². The van der Waals surface area contributed by atoms with E-state index in [0.29, 0.717) is 16.4 Å². The molecule has 0 saturated carbocycles. The van der Waals surface area contributed by atoms with Gasteiger partial charge in [-0.15, -0.1) is 0 Å². The highest BCUT2D eigenvalue weighted by Gasteiger charge is 2.29. The molecule has 0 heterocycles. The molecule has 0 aromatic heterocycles. The molecule has 0 saturated heterocycles. The first-order valence-corrected chi connectivity index (χ1v) is 6.72. The van der Waals surface area contributed by atoms with Gasteiger partial charge < -0.3 is 5.11 Å². The summed E-state index contributed by atoms with van der Waals surface area (Å²) in [7, 11) is -3.23. The molecule has 0 spiro atoms. The van der Waals surface area contributed by atoms with Crippen LogP contribution in [-0.4, -0.2) is 37.4 Å². The first-order valence-electron chi connectivity index (χ1n) is 5.28. The van der Waals surface area contributed by atoms with Crippen molar-refractivity contribution in [1.29, 1.82) is 5.26 Å². The van der Waals surface area contributed by atoms with Gasteiger partial charge in [0.05, 0.1) is 6.07 Å². The molecule has 1 aromatic rings. The van der Waals surface area contributed by atoms with Crippen LogP contribution in [0.4, 0.5) is 8.78 Å². The fourth-order valence-electron chi connectivity index (χ4n) is 1.42. The van der Waals surface area contributed by atoms with E-state index < -0.39 is 38.1 Å². The number of hydrogen-bond acceptors (Lipinski definition) is 4. The molecule has 9 heteroatoms. The SMILES string of the molecule is CN(CCC#N)S(=O)(=O)c1ccc(F)c(C(=O)O)c1F. The average molecular weight is 304 g/mol. The molecule has 0 amide bonds. The lowest BCUT2D eigenvalue weighted by Crippen LogP contribution is -2.29. The van der Waals surface area contributed by atoms with Crippen LogP contribution in [0.3, 0.4) is 0 Å². The molecule has 0 unspecified atom stereocenters. The number of carboxylic acids is 1. The first kappa shape index (κ1) is 16.0. The van der Waals surface area contributed by atoms with Gasteiger partial charge in [0.1, 0.15) is 16.3 Å². The number of rotatable bonds is 5. The third-order valence-electron chi connectivity index (χ3n) is 2.50. The topological polar surface area (TPSA) is 98.5 Å². The minimum atomic E-state index is -4.34. The molecule has 0 radical (unpaired) electrons. The van der Waals surface area contributed by atoms with Crippen molar-refractivity contribution >= 4 is 16.0 Å². The first-order chi connectivity index (χ1) is 9.23. The Bertz CT molecular complexity index is 682. The average Bonchev–Trinajstić information content (AvgIpc) is 2.34. The van der Waals surface area contributed by atoms with E-state index >= 15 is 0 Å². The molecular weight excluding hydrogens is 294 g/mol. The number of carbonyl (C=O) groups is 1. The lowest BCUT2D eigenvalue weighted by molar-refractivity contribution is 0.0685. The highest BCUT2D eigenvalue weighted by molar-refractivity contribution is 7.89. The number of halogens is 2. The number of aromatic carboxylic acids is 1. The molecule has 20 heavy (non-hydrogen) atoms. The van der Waals surface area contributed by atoms with Crippen LogP contribution < -0.4 is 0 Å². The van der Waals surface area contributed by atoms with Crippen molar-refractivity contribution < 1.29 is 27.1 Å². The summed E-state index contributed by atoms with van der Waals surface area (Å²) in [5.41, 5.74) is -1.33. The maximum atomic E-state index is 13.9. The summed E-state index contributed by atoms with van der Waals surface area (Å²) in [6.07, 6.45) is -0.121. The Labute approximate surface area is 113 Å². The van der Waals surface area contributed by atoms with Crippen molar-refractivity contribution in [3.63, 3.8) is 0 Å². The summed E-state index contributed by atoms with van der Waals surface area (Å²) >= 11 is 0. The molecule has 0 fully saturated rings. The lowest BCUT2D eigenvalue weighted by atomic mass is 10.2. The molecular formula is C11H10F2N2O4S. The minimum Gasteiger partial charge on any atom is -0.477 e. The molecule has 0 aliphatic carbocycles. The zero-order valence-corrected chi connectivity index (χ0v) is 11.1. The molecule has 1 rings (SSSR count). The van der Waals surface area contributed by atoms with Crippen LogP contribution in [0.15, 0.2) is 17.0 Å². The van der Waals surface area contributed by atoms with Crippen molar-refractivity contribution in [2.75, 3.05) is 13.6 Å².